The Balaban J connectivity index is 2.24. The van der Waals surface area contributed by atoms with Crippen molar-refractivity contribution in [1.29, 1.82) is 0 Å². The van der Waals surface area contributed by atoms with Crippen LogP contribution in [0.25, 0.3) is 0 Å². The highest BCUT2D eigenvalue weighted by atomic mass is 32.2. The number of nitrogens with one attached hydrogen (secondary N) is 1. The van der Waals surface area contributed by atoms with Crippen molar-refractivity contribution in [1.82, 2.24) is 4.72 Å². The summed E-state index contributed by atoms with van der Waals surface area (Å²) in [4.78, 5) is 0.989. The molecule has 0 amide bonds. The van der Waals surface area contributed by atoms with E-state index in [0.29, 0.717) is 9.79 Å². The molecule has 0 aliphatic heterocycles. The van der Waals surface area contributed by atoms with Gasteiger partial charge in [0, 0.05) is 16.2 Å². The van der Waals surface area contributed by atoms with E-state index in [-0.39, 0.29) is 11.3 Å². The Morgan fingerprint density at radius 2 is 1.95 bits per heavy atom. The summed E-state index contributed by atoms with van der Waals surface area (Å²) in [6.07, 6.45) is 1.34. The molecule has 0 radical (unpaired) electrons. The molecule has 1 aromatic rings. The summed E-state index contributed by atoms with van der Waals surface area (Å²) in [7, 11) is -3.45. The fourth-order valence-electron chi connectivity index (χ4n) is 1.55. The van der Waals surface area contributed by atoms with Crippen molar-refractivity contribution in [2.24, 2.45) is 0 Å². The second kappa shape index (κ2) is 5.83. The lowest BCUT2D eigenvalue weighted by Crippen LogP contribution is -2.26. The van der Waals surface area contributed by atoms with Crippen molar-refractivity contribution in [3.8, 4) is 0 Å². The van der Waals surface area contributed by atoms with Gasteiger partial charge in [0.05, 0.1) is 11.0 Å². The number of rotatable bonds is 6. The van der Waals surface area contributed by atoms with E-state index in [1.54, 1.807) is 25.1 Å². The molecule has 2 rings (SSSR count). The number of hydrogen-bond acceptors (Lipinski definition) is 4. The standard InChI is InChI=1S/C13H19NO3S2/c1-9(15)10(2)18-12-5-3-4-6-13(12)19(16,17)14-11-7-8-11/h3-6,9-11,14-15H,7-8H2,1-2H3. The van der Waals surface area contributed by atoms with Crippen LogP contribution in [0.3, 0.4) is 0 Å². The molecule has 2 N–H and O–H groups in total. The van der Waals surface area contributed by atoms with Gasteiger partial charge in [-0.3, -0.25) is 0 Å². The SMILES string of the molecule is CC(O)C(C)Sc1ccccc1S(=O)(=O)NC1CC1. The Bertz CT molecular complexity index is 539. The number of benzene rings is 1. The first-order valence-corrected chi connectivity index (χ1v) is 8.72. The highest BCUT2D eigenvalue weighted by molar-refractivity contribution is 8.00. The molecule has 2 unspecified atom stereocenters. The maximum atomic E-state index is 12.3. The van der Waals surface area contributed by atoms with Crippen molar-refractivity contribution >= 4 is 21.8 Å². The minimum atomic E-state index is -3.45. The summed E-state index contributed by atoms with van der Waals surface area (Å²) in [5.41, 5.74) is 0. The van der Waals surface area contributed by atoms with Gasteiger partial charge >= 0.3 is 0 Å². The van der Waals surface area contributed by atoms with Crippen molar-refractivity contribution < 1.29 is 13.5 Å². The Morgan fingerprint density at radius 3 is 2.53 bits per heavy atom. The lowest BCUT2D eigenvalue weighted by Gasteiger charge is -2.16. The van der Waals surface area contributed by atoms with Gasteiger partial charge in [-0.15, -0.1) is 11.8 Å². The zero-order valence-electron chi connectivity index (χ0n) is 11.0. The fourth-order valence-corrected chi connectivity index (χ4v) is 4.36. The number of hydrogen-bond donors (Lipinski definition) is 2. The molecular weight excluding hydrogens is 282 g/mol. The van der Waals surface area contributed by atoms with Crippen LogP contribution in [0, 0.1) is 0 Å². The van der Waals surface area contributed by atoms with Crippen LogP contribution in [0.15, 0.2) is 34.1 Å². The molecule has 1 aliphatic rings. The van der Waals surface area contributed by atoms with Gasteiger partial charge < -0.3 is 5.11 Å². The summed E-state index contributed by atoms with van der Waals surface area (Å²) in [5.74, 6) is 0. The van der Waals surface area contributed by atoms with E-state index in [2.05, 4.69) is 4.72 Å². The highest BCUT2D eigenvalue weighted by Gasteiger charge is 2.29. The molecular formula is C13H19NO3S2. The fraction of sp³-hybridized carbons (Fsp3) is 0.538. The first kappa shape index (κ1) is 14.8. The quantitative estimate of drug-likeness (QED) is 0.789. The molecule has 0 spiro atoms. The predicted molar refractivity (Wildman–Crippen MR) is 76.8 cm³/mol. The molecule has 0 aromatic heterocycles. The molecule has 19 heavy (non-hydrogen) atoms. The van der Waals surface area contributed by atoms with Gasteiger partial charge in [-0.25, -0.2) is 13.1 Å². The lowest BCUT2D eigenvalue weighted by molar-refractivity contribution is 0.196. The van der Waals surface area contributed by atoms with Gasteiger partial charge in [-0.2, -0.15) is 0 Å². The average molecular weight is 301 g/mol. The summed E-state index contributed by atoms with van der Waals surface area (Å²) in [5, 5.41) is 9.49. The zero-order valence-corrected chi connectivity index (χ0v) is 12.7. The van der Waals surface area contributed by atoms with Gasteiger partial charge in [0.25, 0.3) is 0 Å². The van der Waals surface area contributed by atoms with E-state index in [1.807, 2.05) is 13.0 Å². The third kappa shape index (κ3) is 3.95. The molecule has 1 aliphatic carbocycles. The lowest BCUT2D eigenvalue weighted by atomic mass is 10.3. The highest BCUT2D eigenvalue weighted by Crippen LogP contribution is 2.32. The van der Waals surface area contributed by atoms with Crippen LogP contribution in [0.5, 0.6) is 0 Å². The van der Waals surface area contributed by atoms with Gasteiger partial charge in [-0.05, 0) is 31.9 Å². The third-order valence-electron chi connectivity index (χ3n) is 3.03. The van der Waals surface area contributed by atoms with Crippen LogP contribution in [-0.4, -0.2) is 30.9 Å². The second-order valence-corrected chi connectivity index (χ2v) is 8.01. The van der Waals surface area contributed by atoms with E-state index < -0.39 is 16.1 Å². The van der Waals surface area contributed by atoms with Crippen LogP contribution < -0.4 is 4.72 Å². The summed E-state index contributed by atoms with van der Waals surface area (Å²) < 4.78 is 27.2. The zero-order chi connectivity index (χ0) is 14.0. The molecule has 4 nitrogen and oxygen atoms in total. The topological polar surface area (TPSA) is 66.4 Å². The molecule has 0 bridgehead atoms. The number of aliphatic hydroxyl groups excluding tert-OH is 1. The molecule has 1 aromatic carbocycles. The largest absolute Gasteiger partial charge is 0.392 e. The Morgan fingerprint density at radius 1 is 1.32 bits per heavy atom. The van der Waals surface area contributed by atoms with Gasteiger partial charge in [0.1, 0.15) is 0 Å². The van der Waals surface area contributed by atoms with E-state index in [4.69, 9.17) is 0 Å². The smallest absolute Gasteiger partial charge is 0.241 e. The normalized spacial score (nSPS) is 19.1. The van der Waals surface area contributed by atoms with E-state index in [1.165, 1.54) is 11.8 Å². The second-order valence-electron chi connectivity index (χ2n) is 4.91. The third-order valence-corrected chi connectivity index (χ3v) is 6.11. The molecule has 0 saturated heterocycles. The summed E-state index contributed by atoms with van der Waals surface area (Å²) in [6.45, 7) is 3.59. The Kier molecular flexibility index (Phi) is 4.55. The monoisotopic (exact) mass is 301 g/mol. The summed E-state index contributed by atoms with van der Waals surface area (Å²) in [6, 6.07) is 7.02. The van der Waals surface area contributed by atoms with Crippen molar-refractivity contribution in [2.75, 3.05) is 0 Å². The molecule has 1 fully saturated rings. The van der Waals surface area contributed by atoms with Gasteiger partial charge in [0.2, 0.25) is 10.0 Å². The van der Waals surface area contributed by atoms with Crippen LogP contribution in [-0.2, 0) is 10.0 Å². The van der Waals surface area contributed by atoms with Crippen LogP contribution in [0.1, 0.15) is 26.7 Å². The molecule has 6 heteroatoms. The van der Waals surface area contributed by atoms with Crippen LogP contribution >= 0.6 is 11.8 Å². The Hall–Kier alpha value is -0.560. The molecule has 2 atom stereocenters. The number of thioether (sulfide) groups is 1. The van der Waals surface area contributed by atoms with Crippen molar-refractivity contribution in [3.63, 3.8) is 0 Å². The first-order valence-electron chi connectivity index (χ1n) is 6.36. The maximum absolute atomic E-state index is 12.3. The number of sulfonamides is 1. The molecule has 106 valence electrons. The van der Waals surface area contributed by atoms with E-state index in [9.17, 15) is 13.5 Å². The van der Waals surface area contributed by atoms with Crippen LogP contribution in [0.2, 0.25) is 0 Å². The first-order chi connectivity index (χ1) is 8.90. The number of aliphatic hydroxyl groups is 1. The van der Waals surface area contributed by atoms with E-state index >= 15 is 0 Å². The summed E-state index contributed by atoms with van der Waals surface area (Å²) >= 11 is 1.38. The average Bonchev–Trinajstić information content (AvgIpc) is 3.12. The van der Waals surface area contributed by atoms with Gasteiger partial charge in [0.15, 0.2) is 0 Å². The van der Waals surface area contributed by atoms with Crippen molar-refractivity contribution in [2.45, 2.75) is 53.9 Å². The van der Waals surface area contributed by atoms with E-state index in [0.717, 1.165) is 12.8 Å². The predicted octanol–water partition coefficient (Wildman–Crippen LogP) is 1.99. The van der Waals surface area contributed by atoms with Crippen LogP contribution in [0.4, 0.5) is 0 Å². The minimum Gasteiger partial charge on any atom is -0.392 e. The van der Waals surface area contributed by atoms with Crippen molar-refractivity contribution in [3.05, 3.63) is 24.3 Å². The Labute approximate surface area is 118 Å². The van der Waals surface area contributed by atoms with Gasteiger partial charge in [-0.1, -0.05) is 19.1 Å². The molecule has 1 saturated carbocycles. The molecule has 0 heterocycles. The maximum Gasteiger partial charge on any atom is 0.241 e. The minimum absolute atomic E-state index is 0.0581.